The second-order valence-corrected chi connectivity index (χ2v) is 6.03. The van der Waals surface area contributed by atoms with Crippen LogP contribution in [-0.4, -0.2) is 20.0 Å². The lowest BCUT2D eigenvalue weighted by Crippen LogP contribution is -2.38. The molecule has 0 aliphatic rings. The maximum Gasteiger partial charge on any atom is 0.347 e. The van der Waals surface area contributed by atoms with E-state index in [4.69, 9.17) is 5.11 Å². The molecular weight excluding hydrogens is 323 g/mol. The van der Waals surface area contributed by atoms with Crippen LogP contribution < -0.4 is 11.2 Å². The Hall–Kier alpha value is -2.74. The monoisotopic (exact) mass is 334 g/mol. The lowest BCUT2D eigenvalue weighted by atomic mass is 10.2. The van der Waals surface area contributed by atoms with Crippen molar-refractivity contribution in [2.24, 2.45) is 0 Å². The Kier molecular flexibility index (Phi) is 3.61. The molecule has 0 saturated heterocycles. The van der Waals surface area contributed by atoms with E-state index in [-0.39, 0.29) is 11.4 Å². The Balaban J connectivity index is 2.21. The van der Waals surface area contributed by atoms with Gasteiger partial charge in [0, 0.05) is 11.8 Å². The number of aryl methyl sites for hydroxylation is 1. The molecular formula is C15H11FN2O4S. The molecule has 0 atom stereocenters. The molecule has 0 amide bonds. The van der Waals surface area contributed by atoms with Crippen molar-refractivity contribution in [1.29, 1.82) is 0 Å². The first-order valence-corrected chi connectivity index (χ1v) is 7.43. The molecule has 0 aliphatic carbocycles. The molecule has 0 fully saturated rings. The summed E-state index contributed by atoms with van der Waals surface area (Å²) in [4.78, 5) is 36.2. The third-order valence-corrected chi connectivity index (χ3v) is 4.66. The van der Waals surface area contributed by atoms with E-state index in [0.717, 1.165) is 20.3 Å². The Morgan fingerprint density at radius 3 is 2.52 bits per heavy atom. The summed E-state index contributed by atoms with van der Waals surface area (Å²) in [5, 5.41) is 9.04. The summed E-state index contributed by atoms with van der Waals surface area (Å²) in [6, 6.07) is 5.47. The van der Waals surface area contributed by atoms with Gasteiger partial charge >= 0.3 is 11.7 Å². The molecule has 1 N–H and O–H groups in total. The molecule has 3 aromatic rings. The number of carbonyl (C=O) groups is 1. The van der Waals surface area contributed by atoms with Crippen molar-refractivity contribution in [2.45, 2.75) is 13.5 Å². The molecule has 0 spiro atoms. The molecule has 2 aromatic heterocycles. The van der Waals surface area contributed by atoms with Crippen molar-refractivity contribution in [3.63, 3.8) is 0 Å². The summed E-state index contributed by atoms with van der Waals surface area (Å²) in [5.41, 5.74) is -0.218. The lowest BCUT2D eigenvalue weighted by Gasteiger charge is -2.07. The average molecular weight is 334 g/mol. The number of hydrogen-bond acceptors (Lipinski definition) is 4. The fourth-order valence-corrected chi connectivity index (χ4v) is 3.20. The Bertz CT molecular complexity index is 1030. The van der Waals surface area contributed by atoms with E-state index in [9.17, 15) is 18.8 Å². The van der Waals surface area contributed by atoms with Crippen LogP contribution >= 0.6 is 11.3 Å². The summed E-state index contributed by atoms with van der Waals surface area (Å²) in [5.74, 6) is -1.57. The maximum absolute atomic E-state index is 12.9. The number of aromatic nitrogens is 2. The summed E-state index contributed by atoms with van der Waals surface area (Å²) < 4.78 is 15.1. The van der Waals surface area contributed by atoms with E-state index in [1.54, 1.807) is 6.92 Å². The second-order valence-electron chi connectivity index (χ2n) is 5.00. The van der Waals surface area contributed by atoms with Crippen LogP contribution in [0.25, 0.3) is 4.83 Å². The fourth-order valence-electron chi connectivity index (χ4n) is 2.28. The largest absolute Gasteiger partial charge is 0.477 e. The molecule has 6 nitrogen and oxygen atoms in total. The van der Waals surface area contributed by atoms with Crippen molar-refractivity contribution < 1.29 is 14.3 Å². The van der Waals surface area contributed by atoms with Crippen LogP contribution in [0, 0.1) is 12.7 Å². The molecule has 0 bridgehead atoms. The second kappa shape index (κ2) is 5.47. The fraction of sp³-hybridized carbons (Fsp3) is 0.133. The van der Waals surface area contributed by atoms with Crippen molar-refractivity contribution in [3.8, 4) is 0 Å². The zero-order valence-electron chi connectivity index (χ0n) is 11.9. The Labute approximate surface area is 132 Å². The van der Waals surface area contributed by atoms with E-state index >= 15 is 0 Å². The van der Waals surface area contributed by atoms with Crippen LogP contribution in [-0.2, 0) is 6.54 Å². The summed E-state index contributed by atoms with van der Waals surface area (Å²) >= 11 is 0.878. The quantitative estimate of drug-likeness (QED) is 0.791. The standard InChI is InChI=1S/C15H11FN2O4S/c1-8-12(19)17(6-9-2-4-10(16)5-3-9)15(22)18-7-11(14(20)21)23-13(8)18/h2-5,7H,6H2,1H3,(H,20,21). The van der Waals surface area contributed by atoms with Crippen molar-refractivity contribution >= 4 is 22.1 Å². The topological polar surface area (TPSA) is 80.8 Å². The molecule has 8 heteroatoms. The van der Waals surface area contributed by atoms with Crippen LogP contribution in [0.4, 0.5) is 4.39 Å². The zero-order chi connectivity index (χ0) is 16.7. The predicted molar refractivity (Wildman–Crippen MR) is 83.0 cm³/mol. The van der Waals surface area contributed by atoms with Gasteiger partial charge in [0.15, 0.2) is 0 Å². The van der Waals surface area contributed by atoms with Gasteiger partial charge in [-0.25, -0.2) is 14.0 Å². The molecule has 1 aromatic carbocycles. The highest BCUT2D eigenvalue weighted by Gasteiger charge is 2.17. The number of rotatable bonds is 3. The maximum atomic E-state index is 12.9. The molecule has 118 valence electrons. The van der Waals surface area contributed by atoms with Gasteiger partial charge in [0.25, 0.3) is 5.56 Å². The van der Waals surface area contributed by atoms with Gasteiger partial charge in [0.1, 0.15) is 15.5 Å². The van der Waals surface area contributed by atoms with Crippen molar-refractivity contribution in [3.05, 3.63) is 73.1 Å². The number of nitrogens with zero attached hydrogens (tertiary/aromatic N) is 2. The third kappa shape index (κ3) is 2.57. The number of benzene rings is 1. The van der Waals surface area contributed by atoms with Crippen LogP contribution in [0.1, 0.15) is 20.8 Å². The molecule has 3 rings (SSSR count). The Morgan fingerprint density at radius 1 is 1.26 bits per heavy atom. The summed E-state index contributed by atoms with van der Waals surface area (Å²) in [7, 11) is 0. The van der Waals surface area contributed by atoms with E-state index in [0.29, 0.717) is 16.0 Å². The van der Waals surface area contributed by atoms with Gasteiger partial charge in [-0.05, 0) is 24.6 Å². The van der Waals surface area contributed by atoms with Crippen LogP contribution in [0.5, 0.6) is 0 Å². The van der Waals surface area contributed by atoms with E-state index in [2.05, 4.69) is 0 Å². The Morgan fingerprint density at radius 2 is 1.91 bits per heavy atom. The summed E-state index contributed by atoms with van der Waals surface area (Å²) in [6.45, 7) is 1.53. The van der Waals surface area contributed by atoms with Gasteiger partial charge in [-0.2, -0.15) is 0 Å². The number of fused-ring (bicyclic) bond motifs is 1. The minimum atomic E-state index is -1.16. The number of halogens is 1. The van der Waals surface area contributed by atoms with Gasteiger partial charge in [0.05, 0.1) is 6.54 Å². The smallest absolute Gasteiger partial charge is 0.347 e. The zero-order valence-corrected chi connectivity index (χ0v) is 12.8. The molecule has 0 saturated carbocycles. The molecule has 23 heavy (non-hydrogen) atoms. The normalized spacial score (nSPS) is 11.0. The third-order valence-electron chi connectivity index (χ3n) is 3.46. The van der Waals surface area contributed by atoms with E-state index in [1.807, 2.05) is 0 Å². The first-order chi connectivity index (χ1) is 10.9. The van der Waals surface area contributed by atoms with Gasteiger partial charge in [-0.1, -0.05) is 12.1 Å². The summed E-state index contributed by atoms with van der Waals surface area (Å²) in [6.07, 6.45) is 1.21. The number of carboxylic acid groups (broad SMARTS) is 1. The average Bonchev–Trinajstić information content (AvgIpc) is 2.97. The van der Waals surface area contributed by atoms with Crippen molar-refractivity contribution in [2.75, 3.05) is 0 Å². The number of aromatic carboxylic acids is 1. The van der Waals surface area contributed by atoms with Crippen LogP contribution in [0.2, 0.25) is 0 Å². The molecule has 2 heterocycles. The van der Waals surface area contributed by atoms with E-state index < -0.39 is 23.0 Å². The van der Waals surface area contributed by atoms with Crippen molar-refractivity contribution in [1.82, 2.24) is 8.97 Å². The highest BCUT2D eigenvalue weighted by Crippen LogP contribution is 2.18. The highest BCUT2D eigenvalue weighted by molar-refractivity contribution is 7.19. The minimum Gasteiger partial charge on any atom is -0.477 e. The predicted octanol–water partition coefficient (Wildman–Crippen LogP) is 1.72. The highest BCUT2D eigenvalue weighted by atomic mass is 32.1. The number of thiazole rings is 1. The van der Waals surface area contributed by atoms with Crippen LogP contribution in [0.15, 0.2) is 40.1 Å². The molecule has 0 aliphatic heterocycles. The number of carboxylic acids is 1. The first kappa shape index (κ1) is 15.2. The van der Waals surface area contributed by atoms with Gasteiger partial charge in [-0.3, -0.25) is 13.8 Å². The number of hydrogen-bond donors (Lipinski definition) is 1. The van der Waals surface area contributed by atoms with Gasteiger partial charge in [0.2, 0.25) is 0 Å². The van der Waals surface area contributed by atoms with E-state index in [1.165, 1.54) is 30.5 Å². The SMILES string of the molecule is Cc1c(=O)n(Cc2ccc(F)cc2)c(=O)n2cc(C(=O)O)sc12. The van der Waals surface area contributed by atoms with Crippen LogP contribution in [0.3, 0.4) is 0 Å². The lowest BCUT2D eigenvalue weighted by molar-refractivity contribution is 0.0701. The van der Waals surface area contributed by atoms with Gasteiger partial charge in [-0.15, -0.1) is 11.3 Å². The molecule has 0 unspecified atom stereocenters. The van der Waals surface area contributed by atoms with Gasteiger partial charge < -0.3 is 5.11 Å². The molecule has 0 radical (unpaired) electrons. The first-order valence-electron chi connectivity index (χ1n) is 6.62. The minimum absolute atomic E-state index is 0.0139.